The zero-order valence-electron chi connectivity index (χ0n) is 18.5. The van der Waals surface area contributed by atoms with E-state index in [1.165, 1.54) is 0 Å². The molecule has 1 fully saturated rings. The van der Waals surface area contributed by atoms with Crippen LogP contribution in [-0.2, 0) is 6.42 Å². The van der Waals surface area contributed by atoms with Crippen molar-refractivity contribution in [2.24, 2.45) is 5.73 Å². The van der Waals surface area contributed by atoms with E-state index >= 15 is 4.39 Å². The number of benzene rings is 1. The zero-order chi connectivity index (χ0) is 23.5. The molecule has 1 amide bonds. The standard InChI is InChI=1S/C22H29ClFN5O3/c1-10-4-5-12-13(21(26)31)20(30)14-17(25)16(24)18(15(23)19(14)29(10)12)27-11-6-8-28(9-7-11)22(2,3)32/h10-11,27,32H,4-9,25H2,1-3H3,(H2,26,31)/t10-/m1/s1. The van der Waals surface area contributed by atoms with Gasteiger partial charge in [0.05, 0.1) is 27.3 Å². The third kappa shape index (κ3) is 3.52. The molecular formula is C22H29ClFN5O3. The van der Waals surface area contributed by atoms with Gasteiger partial charge in [0.25, 0.3) is 5.91 Å². The Labute approximate surface area is 190 Å². The van der Waals surface area contributed by atoms with E-state index < -0.39 is 22.9 Å². The van der Waals surface area contributed by atoms with Gasteiger partial charge in [0.15, 0.2) is 5.82 Å². The number of nitrogens with one attached hydrogen (secondary N) is 1. The summed E-state index contributed by atoms with van der Waals surface area (Å²) in [7, 11) is 0. The summed E-state index contributed by atoms with van der Waals surface area (Å²) < 4.78 is 17.2. The molecule has 2 aromatic rings. The van der Waals surface area contributed by atoms with Gasteiger partial charge in [0, 0.05) is 30.9 Å². The highest BCUT2D eigenvalue weighted by Crippen LogP contribution is 2.42. The van der Waals surface area contributed by atoms with Crippen LogP contribution in [0, 0.1) is 5.82 Å². The number of nitrogen functional groups attached to an aromatic ring is 1. The van der Waals surface area contributed by atoms with Gasteiger partial charge in [-0.1, -0.05) is 11.6 Å². The summed E-state index contributed by atoms with van der Waals surface area (Å²) in [5.41, 5.74) is 10.4. The minimum Gasteiger partial charge on any atom is -0.396 e. The molecule has 174 valence electrons. The van der Waals surface area contributed by atoms with E-state index in [9.17, 15) is 14.7 Å². The zero-order valence-corrected chi connectivity index (χ0v) is 19.2. The molecule has 2 aliphatic heterocycles. The molecule has 32 heavy (non-hydrogen) atoms. The summed E-state index contributed by atoms with van der Waals surface area (Å²) in [5, 5.41) is 13.3. The quantitative estimate of drug-likeness (QED) is 0.514. The lowest BCUT2D eigenvalue weighted by atomic mass is 10.0. The highest BCUT2D eigenvalue weighted by Gasteiger charge is 2.33. The predicted molar refractivity (Wildman–Crippen MR) is 124 cm³/mol. The van der Waals surface area contributed by atoms with Gasteiger partial charge in [0.1, 0.15) is 11.3 Å². The first kappa shape index (κ1) is 22.8. The number of hydrogen-bond donors (Lipinski definition) is 4. The van der Waals surface area contributed by atoms with Crippen molar-refractivity contribution in [1.82, 2.24) is 9.47 Å². The molecule has 0 radical (unpaired) electrons. The molecule has 4 rings (SSSR count). The second-order valence-electron chi connectivity index (χ2n) is 9.31. The van der Waals surface area contributed by atoms with E-state index in [1.807, 2.05) is 11.8 Å². The molecule has 1 aromatic carbocycles. The SMILES string of the molecule is C[C@@H]1CCc2c(C(N)=O)c(=O)c3c(N)c(F)c(NC4CCN(C(C)(C)O)CC4)c(Cl)c3n21. The number of likely N-dealkylation sites (tertiary alicyclic amines) is 1. The number of nitrogens with two attached hydrogens (primary N) is 2. The van der Waals surface area contributed by atoms with Crippen molar-refractivity contribution in [2.75, 3.05) is 24.1 Å². The van der Waals surface area contributed by atoms with Crippen LogP contribution in [0.5, 0.6) is 0 Å². The van der Waals surface area contributed by atoms with E-state index in [0.29, 0.717) is 50.0 Å². The highest BCUT2D eigenvalue weighted by atomic mass is 35.5. The van der Waals surface area contributed by atoms with Crippen molar-refractivity contribution < 1.29 is 14.3 Å². The fourth-order valence-electron chi connectivity index (χ4n) is 5.03. The third-order valence-corrected chi connectivity index (χ3v) is 7.14. The van der Waals surface area contributed by atoms with Gasteiger partial charge >= 0.3 is 0 Å². The summed E-state index contributed by atoms with van der Waals surface area (Å²) in [4.78, 5) is 27.1. The number of aromatic nitrogens is 1. The number of anilines is 2. The Morgan fingerprint density at radius 2 is 1.91 bits per heavy atom. The van der Waals surface area contributed by atoms with Crippen molar-refractivity contribution in [3.63, 3.8) is 0 Å². The number of carbonyl (C=O) groups excluding carboxylic acids is 1. The number of aliphatic hydroxyl groups is 1. The van der Waals surface area contributed by atoms with E-state index in [4.69, 9.17) is 23.1 Å². The van der Waals surface area contributed by atoms with Gasteiger partial charge in [-0.15, -0.1) is 0 Å². The molecule has 0 unspecified atom stereocenters. The van der Waals surface area contributed by atoms with Crippen molar-refractivity contribution >= 4 is 39.8 Å². The maximum atomic E-state index is 15.4. The van der Waals surface area contributed by atoms with E-state index in [1.54, 1.807) is 18.4 Å². The lowest BCUT2D eigenvalue weighted by molar-refractivity contribution is -0.0872. The van der Waals surface area contributed by atoms with Crippen LogP contribution in [0.25, 0.3) is 10.9 Å². The Morgan fingerprint density at radius 3 is 2.47 bits per heavy atom. The molecule has 1 aromatic heterocycles. The number of rotatable bonds is 4. The maximum absolute atomic E-state index is 15.4. The molecule has 6 N–H and O–H groups in total. The predicted octanol–water partition coefficient (Wildman–Crippen LogP) is 2.59. The fraction of sp³-hybridized carbons (Fsp3) is 0.545. The number of halogens is 2. The second-order valence-corrected chi connectivity index (χ2v) is 9.69. The van der Waals surface area contributed by atoms with Crippen LogP contribution in [0.3, 0.4) is 0 Å². The van der Waals surface area contributed by atoms with Crippen LogP contribution in [-0.4, -0.2) is 45.3 Å². The molecule has 1 atom stereocenters. The van der Waals surface area contributed by atoms with Crippen molar-refractivity contribution in [3.8, 4) is 0 Å². The summed E-state index contributed by atoms with van der Waals surface area (Å²) in [6, 6.07) is -0.138. The van der Waals surface area contributed by atoms with Gasteiger partial charge in [-0.25, -0.2) is 4.39 Å². The minimum absolute atomic E-state index is 0.0541. The molecule has 3 heterocycles. The average Bonchev–Trinajstić information content (AvgIpc) is 3.09. The molecule has 0 spiro atoms. The first-order valence-corrected chi connectivity index (χ1v) is 11.2. The second kappa shape index (κ2) is 7.90. The Hall–Kier alpha value is -2.36. The molecule has 8 nitrogen and oxygen atoms in total. The van der Waals surface area contributed by atoms with E-state index in [-0.39, 0.29) is 39.4 Å². The molecule has 10 heteroatoms. The van der Waals surface area contributed by atoms with Gasteiger partial charge in [-0.05, 0) is 46.5 Å². The highest BCUT2D eigenvalue weighted by molar-refractivity contribution is 6.38. The normalized spacial score (nSPS) is 20.0. The number of nitrogens with zero attached hydrogens (tertiary/aromatic N) is 2. The third-order valence-electron chi connectivity index (χ3n) is 6.77. The first-order chi connectivity index (χ1) is 14.9. The molecule has 2 aliphatic rings. The van der Waals surface area contributed by atoms with E-state index in [2.05, 4.69) is 5.32 Å². The molecule has 0 bridgehead atoms. The maximum Gasteiger partial charge on any atom is 0.254 e. The summed E-state index contributed by atoms with van der Waals surface area (Å²) in [6.07, 6.45) is 2.54. The summed E-state index contributed by atoms with van der Waals surface area (Å²) in [5.74, 6) is -1.67. The number of pyridine rings is 1. The molecule has 1 saturated heterocycles. The monoisotopic (exact) mass is 465 g/mol. The smallest absolute Gasteiger partial charge is 0.254 e. The number of hydrogen-bond acceptors (Lipinski definition) is 6. The number of carbonyl (C=O) groups is 1. The molecular weight excluding hydrogens is 437 g/mol. The number of primary amides is 1. The van der Waals surface area contributed by atoms with Gasteiger partial charge < -0.3 is 26.5 Å². The topological polar surface area (TPSA) is 127 Å². The number of amides is 1. The number of fused-ring (bicyclic) bond motifs is 3. The Kier molecular flexibility index (Phi) is 5.63. The molecule has 0 saturated carbocycles. The van der Waals surface area contributed by atoms with Crippen LogP contribution >= 0.6 is 11.6 Å². The van der Waals surface area contributed by atoms with Crippen LogP contribution in [0.15, 0.2) is 4.79 Å². The number of piperidine rings is 1. The van der Waals surface area contributed by atoms with Crippen LogP contribution < -0.4 is 22.2 Å². The molecule has 0 aliphatic carbocycles. The van der Waals surface area contributed by atoms with Crippen LogP contribution in [0.4, 0.5) is 15.8 Å². The fourth-order valence-corrected chi connectivity index (χ4v) is 5.35. The van der Waals surface area contributed by atoms with Crippen molar-refractivity contribution in [3.05, 3.63) is 32.3 Å². The van der Waals surface area contributed by atoms with Crippen molar-refractivity contribution in [2.45, 2.75) is 64.3 Å². The lowest BCUT2D eigenvalue weighted by Gasteiger charge is -2.40. The van der Waals surface area contributed by atoms with E-state index in [0.717, 1.165) is 0 Å². The minimum atomic E-state index is -0.919. The summed E-state index contributed by atoms with van der Waals surface area (Å²) >= 11 is 6.71. The van der Waals surface area contributed by atoms with Crippen LogP contribution in [0.2, 0.25) is 5.02 Å². The Morgan fingerprint density at radius 1 is 1.28 bits per heavy atom. The summed E-state index contributed by atoms with van der Waals surface area (Å²) in [6.45, 7) is 6.69. The van der Waals surface area contributed by atoms with Crippen LogP contribution in [0.1, 0.15) is 62.1 Å². The largest absolute Gasteiger partial charge is 0.396 e. The lowest BCUT2D eigenvalue weighted by Crippen LogP contribution is -2.50. The average molecular weight is 466 g/mol. The van der Waals surface area contributed by atoms with Gasteiger partial charge in [0.2, 0.25) is 5.43 Å². The first-order valence-electron chi connectivity index (χ1n) is 10.8. The van der Waals surface area contributed by atoms with Gasteiger partial charge in [-0.2, -0.15) is 0 Å². The Bertz CT molecular complexity index is 1170. The Balaban J connectivity index is 1.83. The van der Waals surface area contributed by atoms with Crippen molar-refractivity contribution in [1.29, 1.82) is 0 Å². The van der Waals surface area contributed by atoms with Gasteiger partial charge in [-0.3, -0.25) is 14.5 Å².